The maximum Gasteiger partial charge on any atom is 0.0410 e. The monoisotopic (exact) mass is 204 g/mol. The van der Waals surface area contributed by atoms with Crippen molar-refractivity contribution in [2.24, 2.45) is 5.92 Å². The quantitative estimate of drug-likeness (QED) is 0.799. The summed E-state index contributed by atoms with van der Waals surface area (Å²) in [6.45, 7) is 4.42. The lowest BCUT2D eigenvalue weighted by Crippen LogP contribution is -2.22. The standard InChI is InChI=1S/C13H20N2/c1-11-5-4-7-13(15-11)9-12-6-2-3-8-14-10-12/h4-5,7,12,14H,2-3,6,8-10H2,1H3. The fourth-order valence-corrected chi connectivity index (χ4v) is 2.27. The summed E-state index contributed by atoms with van der Waals surface area (Å²) in [6.07, 6.45) is 5.18. The van der Waals surface area contributed by atoms with E-state index in [2.05, 4.69) is 35.4 Å². The highest BCUT2D eigenvalue weighted by Gasteiger charge is 2.12. The first-order valence-corrected chi connectivity index (χ1v) is 5.98. The molecule has 1 N–H and O–H groups in total. The van der Waals surface area contributed by atoms with E-state index >= 15 is 0 Å². The van der Waals surface area contributed by atoms with Gasteiger partial charge in [0.25, 0.3) is 0 Å². The van der Waals surface area contributed by atoms with Crippen LogP contribution in [-0.2, 0) is 6.42 Å². The smallest absolute Gasteiger partial charge is 0.0410 e. The van der Waals surface area contributed by atoms with Crippen molar-refractivity contribution < 1.29 is 0 Å². The third-order valence-electron chi connectivity index (χ3n) is 3.09. The highest BCUT2D eigenvalue weighted by Crippen LogP contribution is 2.15. The van der Waals surface area contributed by atoms with Crippen molar-refractivity contribution in [3.63, 3.8) is 0 Å². The van der Waals surface area contributed by atoms with Crippen LogP contribution < -0.4 is 5.32 Å². The van der Waals surface area contributed by atoms with Gasteiger partial charge in [0.15, 0.2) is 0 Å². The van der Waals surface area contributed by atoms with Crippen LogP contribution in [0.3, 0.4) is 0 Å². The van der Waals surface area contributed by atoms with E-state index in [9.17, 15) is 0 Å². The molecule has 0 amide bonds. The molecule has 0 aliphatic carbocycles. The van der Waals surface area contributed by atoms with Gasteiger partial charge in [-0.1, -0.05) is 12.5 Å². The molecule has 15 heavy (non-hydrogen) atoms. The third kappa shape index (κ3) is 3.31. The Morgan fingerprint density at radius 2 is 2.33 bits per heavy atom. The summed E-state index contributed by atoms with van der Waals surface area (Å²) < 4.78 is 0. The van der Waals surface area contributed by atoms with Crippen LogP contribution in [0, 0.1) is 12.8 Å². The lowest BCUT2D eigenvalue weighted by Gasteiger charge is -2.13. The molecule has 0 spiro atoms. The molecule has 1 unspecified atom stereocenters. The van der Waals surface area contributed by atoms with E-state index in [4.69, 9.17) is 0 Å². The van der Waals surface area contributed by atoms with Gasteiger partial charge in [-0.05, 0) is 57.3 Å². The molecule has 0 bridgehead atoms. The predicted molar refractivity (Wildman–Crippen MR) is 62.9 cm³/mol. The van der Waals surface area contributed by atoms with Gasteiger partial charge in [0.1, 0.15) is 0 Å². The number of aryl methyl sites for hydroxylation is 1. The Kier molecular flexibility index (Phi) is 3.73. The first-order valence-electron chi connectivity index (χ1n) is 5.98. The summed E-state index contributed by atoms with van der Waals surface area (Å²) in [5.41, 5.74) is 2.39. The topological polar surface area (TPSA) is 24.9 Å². The second-order valence-electron chi connectivity index (χ2n) is 4.54. The maximum atomic E-state index is 4.57. The molecular weight excluding hydrogens is 184 g/mol. The van der Waals surface area contributed by atoms with Crippen molar-refractivity contribution in [3.8, 4) is 0 Å². The second-order valence-corrected chi connectivity index (χ2v) is 4.54. The van der Waals surface area contributed by atoms with E-state index in [1.54, 1.807) is 0 Å². The molecule has 1 aromatic rings. The normalized spacial score (nSPS) is 22.3. The third-order valence-corrected chi connectivity index (χ3v) is 3.09. The zero-order valence-electron chi connectivity index (χ0n) is 9.50. The van der Waals surface area contributed by atoms with Crippen molar-refractivity contribution >= 4 is 0 Å². The molecule has 2 rings (SSSR count). The van der Waals surface area contributed by atoms with Gasteiger partial charge in [0.05, 0.1) is 0 Å². The molecule has 1 aliphatic heterocycles. The van der Waals surface area contributed by atoms with Gasteiger partial charge in [-0.25, -0.2) is 0 Å². The van der Waals surface area contributed by atoms with Crippen molar-refractivity contribution in [2.75, 3.05) is 13.1 Å². The van der Waals surface area contributed by atoms with Crippen molar-refractivity contribution in [2.45, 2.75) is 32.6 Å². The molecule has 1 fully saturated rings. The minimum absolute atomic E-state index is 0.779. The van der Waals surface area contributed by atoms with E-state index < -0.39 is 0 Å². The molecule has 1 aliphatic rings. The van der Waals surface area contributed by atoms with Gasteiger partial charge in [0, 0.05) is 11.4 Å². The summed E-state index contributed by atoms with van der Waals surface area (Å²) in [5, 5.41) is 3.50. The van der Waals surface area contributed by atoms with Crippen molar-refractivity contribution in [3.05, 3.63) is 29.6 Å². The van der Waals surface area contributed by atoms with Crippen LogP contribution in [0.25, 0.3) is 0 Å². The number of rotatable bonds is 2. The van der Waals surface area contributed by atoms with Crippen LogP contribution in [0.4, 0.5) is 0 Å². The van der Waals surface area contributed by atoms with E-state index in [1.807, 2.05) is 0 Å². The molecule has 2 nitrogen and oxygen atoms in total. The molecule has 0 radical (unpaired) electrons. The van der Waals surface area contributed by atoms with Crippen LogP contribution in [0.2, 0.25) is 0 Å². The number of hydrogen-bond acceptors (Lipinski definition) is 2. The zero-order chi connectivity index (χ0) is 10.5. The minimum atomic E-state index is 0.779. The van der Waals surface area contributed by atoms with Crippen LogP contribution in [0.1, 0.15) is 30.7 Å². The van der Waals surface area contributed by atoms with E-state index in [1.165, 1.54) is 31.5 Å². The summed E-state index contributed by atoms with van der Waals surface area (Å²) in [7, 11) is 0. The lowest BCUT2D eigenvalue weighted by molar-refractivity contribution is 0.472. The number of aromatic nitrogens is 1. The predicted octanol–water partition coefficient (Wildman–Crippen LogP) is 2.32. The number of nitrogens with one attached hydrogen (secondary N) is 1. The maximum absolute atomic E-state index is 4.57. The van der Waals surface area contributed by atoms with Crippen molar-refractivity contribution in [1.82, 2.24) is 10.3 Å². The minimum Gasteiger partial charge on any atom is -0.316 e. The largest absolute Gasteiger partial charge is 0.316 e. The lowest BCUT2D eigenvalue weighted by atomic mass is 9.97. The highest BCUT2D eigenvalue weighted by molar-refractivity contribution is 5.10. The summed E-state index contributed by atoms with van der Waals surface area (Å²) in [4.78, 5) is 4.57. The van der Waals surface area contributed by atoms with Gasteiger partial charge in [0.2, 0.25) is 0 Å². The average molecular weight is 204 g/mol. The zero-order valence-corrected chi connectivity index (χ0v) is 9.50. The van der Waals surface area contributed by atoms with Crippen LogP contribution in [0.5, 0.6) is 0 Å². The first kappa shape index (κ1) is 10.6. The van der Waals surface area contributed by atoms with Crippen LogP contribution in [-0.4, -0.2) is 18.1 Å². The highest BCUT2D eigenvalue weighted by atomic mass is 14.9. The molecule has 2 heterocycles. The Bertz CT molecular complexity index is 301. The summed E-state index contributed by atoms with van der Waals surface area (Å²) >= 11 is 0. The summed E-state index contributed by atoms with van der Waals surface area (Å²) in [6, 6.07) is 6.33. The Labute approximate surface area is 92.1 Å². The molecule has 2 heteroatoms. The van der Waals surface area contributed by atoms with Gasteiger partial charge >= 0.3 is 0 Å². The van der Waals surface area contributed by atoms with E-state index in [0.717, 1.165) is 24.6 Å². The fraction of sp³-hybridized carbons (Fsp3) is 0.615. The molecular formula is C13H20N2. The molecule has 0 aromatic carbocycles. The first-order chi connectivity index (χ1) is 7.34. The van der Waals surface area contributed by atoms with Crippen LogP contribution in [0.15, 0.2) is 18.2 Å². The van der Waals surface area contributed by atoms with Crippen molar-refractivity contribution in [1.29, 1.82) is 0 Å². The summed E-state index contributed by atoms with van der Waals surface area (Å²) in [5.74, 6) is 0.779. The number of hydrogen-bond donors (Lipinski definition) is 1. The Hall–Kier alpha value is -0.890. The van der Waals surface area contributed by atoms with Gasteiger partial charge in [-0.3, -0.25) is 4.98 Å². The Morgan fingerprint density at radius 1 is 1.40 bits per heavy atom. The average Bonchev–Trinajstić information content (AvgIpc) is 2.46. The molecule has 1 saturated heterocycles. The van der Waals surface area contributed by atoms with Gasteiger partial charge < -0.3 is 5.32 Å². The number of nitrogens with zero attached hydrogens (tertiary/aromatic N) is 1. The molecule has 1 aromatic heterocycles. The van der Waals surface area contributed by atoms with E-state index in [0.29, 0.717) is 0 Å². The fourth-order valence-electron chi connectivity index (χ4n) is 2.27. The Balaban J connectivity index is 1.95. The van der Waals surface area contributed by atoms with Crippen LogP contribution >= 0.6 is 0 Å². The SMILES string of the molecule is Cc1cccc(CC2CCCCNC2)n1. The number of pyridine rings is 1. The molecule has 0 saturated carbocycles. The van der Waals surface area contributed by atoms with Gasteiger partial charge in [-0.2, -0.15) is 0 Å². The second kappa shape index (κ2) is 5.26. The van der Waals surface area contributed by atoms with E-state index in [-0.39, 0.29) is 0 Å². The Morgan fingerprint density at radius 3 is 3.20 bits per heavy atom. The molecule has 1 atom stereocenters. The molecule has 82 valence electrons. The van der Waals surface area contributed by atoms with Gasteiger partial charge in [-0.15, -0.1) is 0 Å².